The SMILES string of the molecule is Cc1ccc(CNC(=O)[C@H](C)OC(=O)c2[nH]c(C)c(C(=O)OC(C)C)c2C)cc1. The summed E-state index contributed by atoms with van der Waals surface area (Å²) in [6.45, 7) is 10.6. The van der Waals surface area contributed by atoms with Crippen molar-refractivity contribution in [1.29, 1.82) is 0 Å². The van der Waals surface area contributed by atoms with Crippen molar-refractivity contribution in [3.05, 3.63) is 57.9 Å². The topological polar surface area (TPSA) is 97.5 Å². The zero-order chi connectivity index (χ0) is 21.7. The van der Waals surface area contributed by atoms with Crippen LogP contribution in [0.5, 0.6) is 0 Å². The molecule has 0 aliphatic carbocycles. The second-order valence-corrected chi connectivity index (χ2v) is 7.33. The molecule has 1 amide bonds. The van der Waals surface area contributed by atoms with Crippen molar-refractivity contribution in [2.75, 3.05) is 0 Å². The van der Waals surface area contributed by atoms with Gasteiger partial charge in [0.2, 0.25) is 0 Å². The van der Waals surface area contributed by atoms with Crippen molar-refractivity contribution in [3.63, 3.8) is 0 Å². The summed E-state index contributed by atoms with van der Waals surface area (Å²) >= 11 is 0. The molecule has 0 spiro atoms. The summed E-state index contributed by atoms with van der Waals surface area (Å²) in [4.78, 5) is 39.9. The third-order valence-corrected chi connectivity index (χ3v) is 4.43. The summed E-state index contributed by atoms with van der Waals surface area (Å²) in [6, 6.07) is 7.77. The Balaban J connectivity index is 2.00. The fraction of sp³-hybridized carbons (Fsp3) is 0.409. The number of aromatic nitrogens is 1. The van der Waals surface area contributed by atoms with Crippen LogP contribution >= 0.6 is 0 Å². The van der Waals surface area contributed by atoms with Crippen LogP contribution in [0.1, 0.15) is 64.0 Å². The smallest absolute Gasteiger partial charge is 0.355 e. The van der Waals surface area contributed by atoms with Gasteiger partial charge in [-0.3, -0.25) is 4.79 Å². The van der Waals surface area contributed by atoms with Gasteiger partial charge in [0.15, 0.2) is 6.10 Å². The lowest BCUT2D eigenvalue weighted by atomic mass is 10.1. The molecule has 0 bridgehead atoms. The van der Waals surface area contributed by atoms with Gasteiger partial charge >= 0.3 is 11.9 Å². The molecule has 1 atom stereocenters. The highest BCUT2D eigenvalue weighted by Crippen LogP contribution is 2.21. The van der Waals surface area contributed by atoms with Gasteiger partial charge in [0.05, 0.1) is 11.7 Å². The van der Waals surface area contributed by atoms with Crippen LogP contribution < -0.4 is 5.32 Å². The highest BCUT2D eigenvalue weighted by molar-refractivity contribution is 5.99. The number of rotatable bonds is 7. The van der Waals surface area contributed by atoms with Crippen LogP contribution in [0.4, 0.5) is 0 Å². The van der Waals surface area contributed by atoms with E-state index in [-0.39, 0.29) is 11.8 Å². The van der Waals surface area contributed by atoms with Gasteiger partial charge in [0.25, 0.3) is 5.91 Å². The molecule has 2 aromatic rings. The number of carbonyl (C=O) groups is 3. The van der Waals surface area contributed by atoms with Crippen molar-refractivity contribution in [2.45, 2.75) is 60.3 Å². The number of aryl methyl sites for hydroxylation is 2. The molecule has 2 N–H and O–H groups in total. The van der Waals surface area contributed by atoms with Gasteiger partial charge in [-0.25, -0.2) is 9.59 Å². The quantitative estimate of drug-likeness (QED) is 0.695. The standard InChI is InChI=1S/C22H28N2O5/c1-12(2)28-21(26)18-14(4)19(24-15(18)5)22(27)29-16(6)20(25)23-11-17-9-7-13(3)8-10-17/h7-10,12,16,24H,11H2,1-6H3,(H,23,25)/t16-/m0/s1. The maximum atomic E-state index is 12.5. The highest BCUT2D eigenvalue weighted by Gasteiger charge is 2.26. The van der Waals surface area contributed by atoms with Crippen LogP contribution in [0.15, 0.2) is 24.3 Å². The molecule has 0 saturated heterocycles. The number of hydrogen-bond donors (Lipinski definition) is 2. The normalized spacial score (nSPS) is 11.8. The van der Waals surface area contributed by atoms with Crippen molar-refractivity contribution < 1.29 is 23.9 Å². The fourth-order valence-corrected chi connectivity index (χ4v) is 2.85. The number of esters is 2. The van der Waals surface area contributed by atoms with Gasteiger partial charge < -0.3 is 19.8 Å². The summed E-state index contributed by atoms with van der Waals surface area (Å²) in [5.74, 6) is -1.61. The Morgan fingerprint density at radius 2 is 1.59 bits per heavy atom. The van der Waals surface area contributed by atoms with E-state index in [0.717, 1.165) is 11.1 Å². The Morgan fingerprint density at radius 1 is 0.966 bits per heavy atom. The molecule has 1 aromatic carbocycles. The molecule has 29 heavy (non-hydrogen) atoms. The summed E-state index contributed by atoms with van der Waals surface area (Å²) in [5.41, 5.74) is 3.47. The lowest BCUT2D eigenvalue weighted by molar-refractivity contribution is -0.129. The third-order valence-electron chi connectivity index (χ3n) is 4.43. The number of H-pyrrole nitrogens is 1. The van der Waals surface area contributed by atoms with E-state index in [0.29, 0.717) is 23.4 Å². The van der Waals surface area contributed by atoms with Crippen molar-refractivity contribution in [3.8, 4) is 0 Å². The minimum absolute atomic E-state index is 0.136. The molecule has 7 heteroatoms. The van der Waals surface area contributed by atoms with E-state index in [4.69, 9.17) is 9.47 Å². The predicted molar refractivity (Wildman–Crippen MR) is 109 cm³/mol. The van der Waals surface area contributed by atoms with Crippen LogP contribution in [0, 0.1) is 20.8 Å². The monoisotopic (exact) mass is 400 g/mol. The van der Waals surface area contributed by atoms with Crippen LogP contribution in [0.2, 0.25) is 0 Å². The number of ether oxygens (including phenoxy) is 2. The van der Waals surface area contributed by atoms with E-state index in [1.165, 1.54) is 6.92 Å². The maximum Gasteiger partial charge on any atom is 0.355 e. The molecule has 0 aliphatic rings. The number of carbonyl (C=O) groups excluding carboxylic acids is 3. The molecule has 1 heterocycles. The van der Waals surface area contributed by atoms with E-state index in [1.54, 1.807) is 27.7 Å². The van der Waals surface area contributed by atoms with Gasteiger partial charge in [-0.05, 0) is 52.7 Å². The van der Waals surface area contributed by atoms with Crippen molar-refractivity contribution in [2.24, 2.45) is 0 Å². The molecule has 0 aliphatic heterocycles. The van der Waals surface area contributed by atoms with Crippen LogP contribution in [0.25, 0.3) is 0 Å². The molecule has 0 radical (unpaired) electrons. The largest absolute Gasteiger partial charge is 0.459 e. The van der Waals surface area contributed by atoms with E-state index in [9.17, 15) is 14.4 Å². The first-order valence-corrected chi connectivity index (χ1v) is 9.54. The first-order chi connectivity index (χ1) is 13.6. The zero-order valence-corrected chi connectivity index (χ0v) is 17.7. The second-order valence-electron chi connectivity index (χ2n) is 7.33. The third kappa shape index (κ3) is 5.70. The Morgan fingerprint density at radius 3 is 2.17 bits per heavy atom. The number of amides is 1. The number of benzene rings is 1. The van der Waals surface area contributed by atoms with Crippen LogP contribution in [-0.4, -0.2) is 35.0 Å². The first-order valence-electron chi connectivity index (χ1n) is 9.54. The molecular weight excluding hydrogens is 372 g/mol. The summed E-state index contributed by atoms with van der Waals surface area (Å²) in [6.07, 6.45) is -1.26. The Bertz CT molecular complexity index is 897. The molecule has 0 saturated carbocycles. The average Bonchev–Trinajstić information content (AvgIpc) is 2.94. The molecule has 2 rings (SSSR count). The average molecular weight is 400 g/mol. The number of nitrogens with one attached hydrogen (secondary N) is 2. The van der Waals surface area contributed by atoms with Crippen LogP contribution in [0.3, 0.4) is 0 Å². The van der Waals surface area contributed by atoms with Gasteiger partial charge in [0, 0.05) is 12.2 Å². The zero-order valence-electron chi connectivity index (χ0n) is 17.7. The Kier molecular flexibility index (Phi) is 7.20. The van der Waals surface area contributed by atoms with Gasteiger partial charge in [0.1, 0.15) is 5.69 Å². The van der Waals surface area contributed by atoms with Crippen LogP contribution in [-0.2, 0) is 20.8 Å². The van der Waals surface area contributed by atoms with Gasteiger partial charge in [-0.15, -0.1) is 0 Å². The van der Waals surface area contributed by atoms with Crippen molar-refractivity contribution in [1.82, 2.24) is 10.3 Å². The second kappa shape index (κ2) is 9.41. The molecular formula is C22H28N2O5. The number of aromatic amines is 1. The van der Waals surface area contributed by atoms with Crippen molar-refractivity contribution >= 4 is 17.8 Å². The minimum atomic E-state index is -0.984. The summed E-state index contributed by atoms with van der Waals surface area (Å²) < 4.78 is 10.5. The Labute approximate surface area is 170 Å². The Hall–Kier alpha value is -3.09. The maximum absolute atomic E-state index is 12.5. The lowest BCUT2D eigenvalue weighted by Gasteiger charge is -2.13. The van der Waals surface area contributed by atoms with Gasteiger partial charge in [-0.2, -0.15) is 0 Å². The molecule has 0 unspecified atom stereocenters. The van der Waals surface area contributed by atoms with E-state index >= 15 is 0 Å². The van der Waals surface area contributed by atoms with E-state index in [2.05, 4.69) is 10.3 Å². The minimum Gasteiger partial charge on any atom is -0.459 e. The predicted octanol–water partition coefficient (Wildman–Crippen LogP) is 3.37. The fourth-order valence-electron chi connectivity index (χ4n) is 2.85. The summed E-state index contributed by atoms with van der Waals surface area (Å²) in [7, 11) is 0. The molecule has 7 nitrogen and oxygen atoms in total. The molecule has 156 valence electrons. The first kappa shape index (κ1) is 22.2. The summed E-state index contributed by atoms with van der Waals surface area (Å²) in [5, 5.41) is 2.75. The highest BCUT2D eigenvalue weighted by atomic mass is 16.6. The van der Waals surface area contributed by atoms with E-state index < -0.39 is 23.9 Å². The molecule has 0 fully saturated rings. The van der Waals surface area contributed by atoms with E-state index in [1.807, 2.05) is 31.2 Å². The van der Waals surface area contributed by atoms with Gasteiger partial charge in [-0.1, -0.05) is 29.8 Å². The number of hydrogen-bond acceptors (Lipinski definition) is 5. The lowest BCUT2D eigenvalue weighted by Crippen LogP contribution is -2.35. The molecule has 1 aromatic heterocycles.